The number of hydrogen-bond donors (Lipinski definition) is 2. The molecular weight excluding hydrogens is 264 g/mol. The summed E-state index contributed by atoms with van der Waals surface area (Å²) in [7, 11) is 1.92. The normalized spacial score (nSPS) is 17.6. The predicted octanol–water partition coefficient (Wildman–Crippen LogP) is 2.93. The van der Waals surface area contributed by atoms with Crippen LogP contribution >= 0.6 is 0 Å². The summed E-state index contributed by atoms with van der Waals surface area (Å²) in [6.07, 6.45) is 10.2. The monoisotopic (exact) mass is 292 g/mol. The van der Waals surface area contributed by atoms with Crippen molar-refractivity contribution in [1.82, 2.24) is 9.88 Å². The van der Waals surface area contributed by atoms with Gasteiger partial charge in [-0.1, -0.05) is 32.1 Å². The molecule has 1 saturated carbocycles. The van der Waals surface area contributed by atoms with E-state index in [-0.39, 0.29) is 5.91 Å². The predicted molar refractivity (Wildman–Crippen MR) is 83.8 cm³/mol. The van der Waals surface area contributed by atoms with Gasteiger partial charge in [0, 0.05) is 31.9 Å². The van der Waals surface area contributed by atoms with Crippen LogP contribution in [0.15, 0.2) is 18.3 Å². The number of hydrogen-bond acceptors (Lipinski definition) is 2. The van der Waals surface area contributed by atoms with E-state index in [9.17, 15) is 9.90 Å². The molecule has 1 atom stereocenters. The molecule has 4 nitrogen and oxygen atoms in total. The number of aromatic nitrogens is 1. The second-order valence-electron chi connectivity index (χ2n) is 6.24. The third kappa shape index (κ3) is 5.20. The van der Waals surface area contributed by atoms with Crippen LogP contribution in [0.1, 0.15) is 63.2 Å². The van der Waals surface area contributed by atoms with Gasteiger partial charge in [0.2, 0.25) is 5.91 Å². The van der Waals surface area contributed by atoms with Gasteiger partial charge in [-0.25, -0.2) is 0 Å². The third-order valence-corrected chi connectivity index (χ3v) is 4.57. The van der Waals surface area contributed by atoms with Crippen molar-refractivity contribution in [3.63, 3.8) is 0 Å². The van der Waals surface area contributed by atoms with Crippen molar-refractivity contribution in [1.29, 1.82) is 0 Å². The molecule has 2 rings (SSSR count). The van der Waals surface area contributed by atoms with Crippen LogP contribution in [0.2, 0.25) is 0 Å². The van der Waals surface area contributed by atoms with Gasteiger partial charge in [0.15, 0.2) is 0 Å². The lowest BCUT2D eigenvalue weighted by molar-refractivity contribution is -0.121. The molecule has 4 heteroatoms. The standard InChI is InChI=1S/C17H28N2O2/c1-19-13-5-8-15(19)16(20)11-12-18-17(21)10-9-14-6-3-2-4-7-14/h5,8,13-14,16,20H,2-4,6-7,9-12H2,1H3,(H,18,21). The molecule has 0 radical (unpaired) electrons. The maximum Gasteiger partial charge on any atom is 0.220 e. The summed E-state index contributed by atoms with van der Waals surface area (Å²) in [6.45, 7) is 0.538. The van der Waals surface area contributed by atoms with E-state index in [1.807, 2.05) is 29.9 Å². The van der Waals surface area contributed by atoms with Crippen LogP contribution in [0.25, 0.3) is 0 Å². The summed E-state index contributed by atoms with van der Waals surface area (Å²) in [6, 6.07) is 3.83. The minimum atomic E-state index is -0.511. The molecule has 1 heterocycles. The number of nitrogens with one attached hydrogen (secondary N) is 1. The fourth-order valence-electron chi connectivity index (χ4n) is 3.22. The van der Waals surface area contributed by atoms with Crippen LogP contribution in [-0.2, 0) is 11.8 Å². The third-order valence-electron chi connectivity index (χ3n) is 4.57. The van der Waals surface area contributed by atoms with Crippen LogP contribution in [0.5, 0.6) is 0 Å². The second kappa shape index (κ2) is 8.23. The number of amides is 1. The highest BCUT2D eigenvalue weighted by molar-refractivity contribution is 5.75. The molecule has 1 aromatic heterocycles. The van der Waals surface area contributed by atoms with Crippen molar-refractivity contribution in [2.45, 2.75) is 57.5 Å². The van der Waals surface area contributed by atoms with E-state index in [0.717, 1.165) is 18.0 Å². The molecule has 1 aliphatic carbocycles. The smallest absolute Gasteiger partial charge is 0.220 e. The molecule has 1 aromatic rings. The molecule has 1 aliphatic rings. The van der Waals surface area contributed by atoms with E-state index in [1.54, 1.807) is 0 Å². The van der Waals surface area contributed by atoms with Crippen LogP contribution in [0.4, 0.5) is 0 Å². The Hall–Kier alpha value is -1.29. The number of carbonyl (C=O) groups is 1. The molecule has 0 aromatic carbocycles. The Morgan fingerprint density at radius 1 is 1.43 bits per heavy atom. The van der Waals surface area contributed by atoms with Crippen LogP contribution < -0.4 is 5.32 Å². The highest BCUT2D eigenvalue weighted by atomic mass is 16.3. The van der Waals surface area contributed by atoms with Gasteiger partial charge in [-0.05, 0) is 30.9 Å². The Bertz CT molecular complexity index is 436. The molecule has 0 spiro atoms. The van der Waals surface area contributed by atoms with Crippen molar-refractivity contribution in [2.24, 2.45) is 13.0 Å². The lowest BCUT2D eigenvalue weighted by atomic mass is 9.86. The second-order valence-corrected chi connectivity index (χ2v) is 6.24. The van der Waals surface area contributed by atoms with Crippen molar-refractivity contribution in [3.05, 3.63) is 24.0 Å². The summed E-state index contributed by atoms with van der Waals surface area (Å²) in [5, 5.41) is 13.0. The minimum Gasteiger partial charge on any atom is -0.387 e. The van der Waals surface area contributed by atoms with Crippen molar-refractivity contribution in [2.75, 3.05) is 6.54 Å². The summed E-state index contributed by atoms with van der Waals surface area (Å²) >= 11 is 0. The number of rotatable bonds is 7. The quantitative estimate of drug-likeness (QED) is 0.812. The Kier molecular flexibility index (Phi) is 6.30. The van der Waals surface area contributed by atoms with Gasteiger partial charge in [-0.15, -0.1) is 0 Å². The first kappa shape index (κ1) is 16.1. The van der Waals surface area contributed by atoms with Crippen LogP contribution in [-0.4, -0.2) is 22.1 Å². The SMILES string of the molecule is Cn1cccc1C(O)CCNC(=O)CCC1CCCCC1. The molecule has 0 saturated heterocycles. The molecule has 0 bridgehead atoms. The van der Waals surface area contributed by atoms with Crippen molar-refractivity contribution < 1.29 is 9.90 Å². The van der Waals surface area contributed by atoms with E-state index in [4.69, 9.17) is 0 Å². The van der Waals surface area contributed by atoms with Gasteiger partial charge in [0.1, 0.15) is 0 Å². The largest absolute Gasteiger partial charge is 0.387 e. The van der Waals surface area contributed by atoms with Crippen LogP contribution in [0.3, 0.4) is 0 Å². The maximum absolute atomic E-state index is 11.8. The Morgan fingerprint density at radius 2 is 2.19 bits per heavy atom. The number of aliphatic hydroxyl groups excluding tert-OH is 1. The first-order chi connectivity index (χ1) is 10.2. The zero-order valence-electron chi connectivity index (χ0n) is 13.1. The number of carbonyl (C=O) groups excluding carboxylic acids is 1. The lowest BCUT2D eigenvalue weighted by Gasteiger charge is -2.21. The van der Waals surface area contributed by atoms with Crippen LogP contribution in [0, 0.1) is 5.92 Å². The molecule has 118 valence electrons. The molecule has 0 aliphatic heterocycles. The zero-order chi connectivity index (χ0) is 15.1. The number of aliphatic hydroxyl groups is 1. The average Bonchev–Trinajstić information content (AvgIpc) is 2.92. The van der Waals surface area contributed by atoms with E-state index in [1.165, 1.54) is 32.1 Å². The van der Waals surface area contributed by atoms with E-state index < -0.39 is 6.10 Å². The Balaban J connectivity index is 1.59. The minimum absolute atomic E-state index is 0.125. The summed E-state index contributed by atoms with van der Waals surface area (Å²) in [5.41, 5.74) is 0.895. The summed E-state index contributed by atoms with van der Waals surface area (Å²) in [4.78, 5) is 11.8. The molecule has 1 amide bonds. The Labute approximate surface area is 127 Å². The Morgan fingerprint density at radius 3 is 2.86 bits per heavy atom. The fraction of sp³-hybridized carbons (Fsp3) is 0.706. The first-order valence-corrected chi connectivity index (χ1v) is 8.23. The summed E-state index contributed by atoms with van der Waals surface area (Å²) in [5.74, 6) is 0.873. The molecule has 2 N–H and O–H groups in total. The fourth-order valence-corrected chi connectivity index (χ4v) is 3.22. The average molecular weight is 292 g/mol. The van der Waals surface area contributed by atoms with Gasteiger partial charge >= 0.3 is 0 Å². The van der Waals surface area contributed by atoms with Gasteiger partial charge in [0.25, 0.3) is 0 Å². The maximum atomic E-state index is 11.8. The highest BCUT2D eigenvalue weighted by Gasteiger charge is 2.15. The molecular formula is C17H28N2O2. The molecule has 21 heavy (non-hydrogen) atoms. The van der Waals surface area contributed by atoms with E-state index >= 15 is 0 Å². The van der Waals surface area contributed by atoms with Gasteiger partial charge in [-0.3, -0.25) is 4.79 Å². The first-order valence-electron chi connectivity index (χ1n) is 8.23. The molecule has 1 unspecified atom stereocenters. The topological polar surface area (TPSA) is 54.3 Å². The zero-order valence-corrected chi connectivity index (χ0v) is 13.1. The van der Waals surface area contributed by atoms with E-state index in [0.29, 0.717) is 19.4 Å². The van der Waals surface area contributed by atoms with Gasteiger partial charge in [-0.2, -0.15) is 0 Å². The number of aryl methyl sites for hydroxylation is 1. The number of nitrogens with zero attached hydrogens (tertiary/aromatic N) is 1. The van der Waals surface area contributed by atoms with Gasteiger partial charge < -0.3 is 15.0 Å². The van der Waals surface area contributed by atoms with E-state index in [2.05, 4.69) is 5.32 Å². The summed E-state index contributed by atoms with van der Waals surface area (Å²) < 4.78 is 1.91. The molecule has 1 fully saturated rings. The van der Waals surface area contributed by atoms with Gasteiger partial charge in [0.05, 0.1) is 6.10 Å². The van der Waals surface area contributed by atoms with Crippen molar-refractivity contribution in [3.8, 4) is 0 Å². The van der Waals surface area contributed by atoms with Crippen molar-refractivity contribution >= 4 is 5.91 Å². The lowest BCUT2D eigenvalue weighted by Crippen LogP contribution is -2.26. The highest BCUT2D eigenvalue weighted by Crippen LogP contribution is 2.27.